The van der Waals surface area contributed by atoms with Crippen molar-refractivity contribution < 1.29 is 13.2 Å². The van der Waals surface area contributed by atoms with E-state index in [2.05, 4.69) is 10.0 Å². The second-order valence-electron chi connectivity index (χ2n) is 5.77. The van der Waals surface area contributed by atoms with Crippen LogP contribution in [-0.4, -0.2) is 35.7 Å². The summed E-state index contributed by atoms with van der Waals surface area (Å²) in [5, 5.41) is 4.93. The monoisotopic (exact) mass is 332 g/mol. The van der Waals surface area contributed by atoms with Crippen molar-refractivity contribution in [2.75, 3.05) is 27.3 Å². The molecule has 1 aromatic rings. The lowest BCUT2D eigenvalue weighted by atomic mass is 10.0. The molecule has 5 nitrogen and oxygen atoms in total. The number of nitrogens with one attached hydrogen (secondary N) is 2. The van der Waals surface area contributed by atoms with Gasteiger partial charge in [0.25, 0.3) is 0 Å². The molecule has 21 heavy (non-hydrogen) atoms. The van der Waals surface area contributed by atoms with Crippen LogP contribution in [0.15, 0.2) is 10.3 Å². The summed E-state index contributed by atoms with van der Waals surface area (Å²) < 4.78 is 33.1. The maximum atomic E-state index is 12.6. The quantitative estimate of drug-likeness (QED) is 0.724. The highest BCUT2D eigenvalue weighted by atomic mass is 32.2. The van der Waals surface area contributed by atoms with Crippen LogP contribution in [-0.2, 0) is 21.3 Å². The van der Waals surface area contributed by atoms with Gasteiger partial charge in [-0.1, -0.05) is 0 Å². The highest BCUT2D eigenvalue weighted by Gasteiger charge is 2.43. The molecule has 0 radical (unpaired) electrons. The van der Waals surface area contributed by atoms with Gasteiger partial charge in [-0.25, -0.2) is 13.1 Å². The first-order valence-electron chi connectivity index (χ1n) is 7.14. The number of hydrogen-bond acceptors (Lipinski definition) is 5. The van der Waals surface area contributed by atoms with Crippen molar-refractivity contribution in [3.63, 3.8) is 0 Å². The first-order valence-corrected chi connectivity index (χ1v) is 9.50. The Hall–Kier alpha value is -0.470. The summed E-state index contributed by atoms with van der Waals surface area (Å²) in [6.45, 7) is 3.61. The Morgan fingerprint density at radius 2 is 2.14 bits per heavy atom. The summed E-state index contributed by atoms with van der Waals surface area (Å²) in [5.41, 5.74) is 0.926. The van der Waals surface area contributed by atoms with Crippen LogP contribution < -0.4 is 10.0 Å². The Balaban J connectivity index is 2.07. The van der Waals surface area contributed by atoms with E-state index in [9.17, 15) is 8.42 Å². The average molecular weight is 332 g/mol. The predicted octanol–water partition coefficient (Wildman–Crippen LogP) is 1.87. The van der Waals surface area contributed by atoms with E-state index in [0.717, 1.165) is 29.7 Å². The Morgan fingerprint density at radius 1 is 1.43 bits per heavy atom. The lowest BCUT2D eigenvalue weighted by Gasteiger charge is -2.16. The third kappa shape index (κ3) is 4.04. The maximum Gasteiger partial charge on any atom is 0.242 e. The number of sulfonamides is 1. The van der Waals surface area contributed by atoms with Crippen molar-refractivity contribution in [2.24, 2.45) is 5.41 Å². The van der Waals surface area contributed by atoms with Gasteiger partial charge in [-0.3, -0.25) is 0 Å². The highest BCUT2D eigenvalue weighted by Crippen LogP contribution is 2.48. The third-order valence-electron chi connectivity index (χ3n) is 4.03. The van der Waals surface area contributed by atoms with Crippen LogP contribution in [0.3, 0.4) is 0 Å². The first kappa shape index (κ1) is 16.9. The van der Waals surface area contributed by atoms with E-state index in [-0.39, 0.29) is 5.41 Å². The minimum atomic E-state index is -3.44. The molecule has 7 heteroatoms. The van der Waals surface area contributed by atoms with Crippen LogP contribution in [0.5, 0.6) is 0 Å². The van der Waals surface area contributed by atoms with Crippen molar-refractivity contribution in [1.82, 2.24) is 10.0 Å². The minimum absolute atomic E-state index is 0.107. The molecule has 120 valence electrons. The van der Waals surface area contributed by atoms with E-state index in [4.69, 9.17) is 4.74 Å². The van der Waals surface area contributed by atoms with Crippen LogP contribution in [0.25, 0.3) is 0 Å². The zero-order valence-corrected chi connectivity index (χ0v) is 14.5. The maximum absolute atomic E-state index is 12.6. The van der Waals surface area contributed by atoms with Crippen molar-refractivity contribution in [2.45, 2.75) is 37.6 Å². The molecule has 1 fully saturated rings. The molecule has 1 heterocycles. The number of rotatable bonds is 9. The minimum Gasteiger partial charge on any atom is -0.385 e. The number of thiophene rings is 1. The fraction of sp³-hybridized carbons (Fsp3) is 0.714. The summed E-state index contributed by atoms with van der Waals surface area (Å²) in [4.78, 5) is 1.31. The largest absolute Gasteiger partial charge is 0.385 e. The zero-order chi connectivity index (χ0) is 15.5. The van der Waals surface area contributed by atoms with Gasteiger partial charge in [0.1, 0.15) is 4.90 Å². The van der Waals surface area contributed by atoms with Crippen molar-refractivity contribution >= 4 is 21.4 Å². The van der Waals surface area contributed by atoms with Gasteiger partial charge in [0.2, 0.25) is 10.0 Å². The zero-order valence-electron chi connectivity index (χ0n) is 12.9. The summed E-state index contributed by atoms with van der Waals surface area (Å²) >= 11 is 1.49. The molecule has 0 bridgehead atoms. The molecule has 0 saturated heterocycles. The molecule has 0 amide bonds. The van der Waals surface area contributed by atoms with E-state index in [0.29, 0.717) is 24.6 Å². The van der Waals surface area contributed by atoms with E-state index in [1.54, 1.807) is 7.11 Å². The van der Waals surface area contributed by atoms with E-state index in [1.807, 2.05) is 19.4 Å². The summed E-state index contributed by atoms with van der Waals surface area (Å²) in [5.74, 6) is 0. The molecule has 0 unspecified atom stereocenters. The van der Waals surface area contributed by atoms with Crippen LogP contribution in [0.2, 0.25) is 0 Å². The summed E-state index contributed by atoms with van der Waals surface area (Å²) in [6.07, 6.45) is 3.06. The molecule has 0 spiro atoms. The van der Waals surface area contributed by atoms with Crippen molar-refractivity contribution in [3.8, 4) is 0 Å². The topological polar surface area (TPSA) is 67.4 Å². The molecular formula is C14H24N2O3S2. The Bertz CT molecular complexity index is 577. The van der Waals surface area contributed by atoms with Crippen LogP contribution in [0.1, 0.15) is 29.7 Å². The van der Waals surface area contributed by atoms with Crippen molar-refractivity contribution in [3.05, 3.63) is 15.8 Å². The molecule has 1 aromatic heterocycles. The predicted molar refractivity (Wildman–Crippen MR) is 85.2 cm³/mol. The van der Waals surface area contributed by atoms with Gasteiger partial charge in [0, 0.05) is 31.7 Å². The van der Waals surface area contributed by atoms with E-state index in [1.165, 1.54) is 11.3 Å². The van der Waals surface area contributed by atoms with Crippen LogP contribution in [0, 0.1) is 12.3 Å². The van der Waals surface area contributed by atoms with E-state index >= 15 is 0 Å². The Morgan fingerprint density at radius 3 is 2.71 bits per heavy atom. The highest BCUT2D eigenvalue weighted by molar-refractivity contribution is 7.89. The lowest BCUT2D eigenvalue weighted by molar-refractivity contribution is 0.173. The van der Waals surface area contributed by atoms with Gasteiger partial charge in [-0.15, -0.1) is 11.3 Å². The average Bonchev–Trinajstić information content (AvgIpc) is 3.12. The van der Waals surface area contributed by atoms with Gasteiger partial charge < -0.3 is 10.1 Å². The molecule has 2 rings (SSSR count). The number of methoxy groups -OCH3 is 1. The molecule has 2 N–H and O–H groups in total. The summed E-state index contributed by atoms with van der Waals surface area (Å²) in [7, 11) is 0.0627. The third-order valence-corrected chi connectivity index (χ3v) is 6.89. The van der Waals surface area contributed by atoms with Crippen LogP contribution in [0.4, 0.5) is 0 Å². The normalized spacial score (nSPS) is 17.1. The molecular weight excluding hydrogens is 308 g/mol. The SMILES string of the molecule is CNCc1scc(C)c1S(=O)(=O)NCC1(CCOC)CC1. The number of hydrogen-bond donors (Lipinski definition) is 2. The molecule has 0 aromatic carbocycles. The molecule has 1 saturated carbocycles. The Kier molecular flexibility index (Phi) is 5.43. The molecule has 0 atom stereocenters. The Labute approximate surface area is 131 Å². The van der Waals surface area contributed by atoms with Gasteiger partial charge in [-0.2, -0.15) is 0 Å². The second-order valence-corrected chi connectivity index (χ2v) is 8.44. The molecule has 1 aliphatic carbocycles. The molecule has 1 aliphatic rings. The smallest absolute Gasteiger partial charge is 0.242 e. The van der Waals surface area contributed by atoms with Gasteiger partial charge in [-0.05, 0) is 49.6 Å². The number of ether oxygens (including phenoxy) is 1. The fourth-order valence-electron chi connectivity index (χ4n) is 2.46. The second kappa shape index (κ2) is 6.75. The van der Waals surface area contributed by atoms with Gasteiger partial charge in [0.15, 0.2) is 0 Å². The lowest BCUT2D eigenvalue weighted by Crippen LogP contribution is -2.31. The standard InChI is InChI=1S/C14H24N2O3S2/c1-11-9-20-12(8-15-2)13(11)21(17,18)16-10-14(4-5-14)6-7-19-3/h9,15-16H,4-8,10H2,1-3H3. The van der Waals surface area contributed by atoms with Crippen LogP contribution >= 0.6 is 11.3 Å². The fourth-order valence-corrected chi connectivity index (χ4v) is 5.44. The summed E-state index contributed by atoms with van der Waals surface area (Å²) in [6, 6.07) is 0. The molecule has 0 aliphatic heterocycles. The number of aryl methyl sites for hydroxylation is 1. The van der Waals surface area contributed by atoms with Crippen molar-refractivity contribution in [1.29, 1.82) is 0 Å². The van der Waals surface area contributed by atoms with Gasteiger partial charge in [0.05, 0.1) is 0 Å². The first-order chi connectivity index (χ1) is 9.94. The van der Waals surface area contributed by atoms with E-state index < -0.39 is 10.0 Å². The van der Waals surface area contributed by atoms with Gasteiger partial charge >= 0.3 is 0 Å².